The molecule has 2 nitrogen and oxygen atoms in total. The second-order valence-electron chi connectivity index (χ2n) is 4.37. The molecule has 3 N–H and O–H groups in total. The molecule has 0 spiro atoms. The van der Waals surface area contributed by atoms with Crippen LogP contribution in [-0.2, 0) is 0 Å². The van der Waals surface area contributed by atoms with E-state index in [2.05, 4.69) is 18.3 Å². The maximum atomic E-state index is 5.51. The number of hydrogen-bond donors (Lipinski definition) is 2. The molecule has 2 heteroatoms. The third-order valence-electron chi connectivity index (χ3n) is 3.59. The van der Waals surface area contributed by atoms with Crippen LogP contribution in [0, 0.1) is 24.2 Å². The topological polar surface area (TPSA) is 38.0 Å². The van der Waals surface area contributed by atoms with Crippen LogP contribution in [0.1, 0.15) is 45.4 Å². The van der Waals surface area contributed by atoms with Crippen LogP contribution in [0.4, 0.5) is 0 Å². The van der Waals surface area contributed by atoms with Crippen LogP contribution in [0.15, 0.2) is 0 Å². The first-order valence-corrected chi connectivity index (χ1v) is 5.71. The van der Waals surface area contributed by atoms with Gasteiger partial charge in [0.25, 0.3) is 0 Å². The summed E-state index contributed by atoms with van der Waals surface area (Å²) in [7, 11) is 0. The van der Waals surface area contributed by atoms with E-state index in [-0.39, 0.29) is 0 Å². The molecule has 0 bridgehead atoms. The van der Waals surface area contributed by atoms with Crippen LogP contribution in [0.25, 0.3) is 0 Å². The van der Waals surface area contributed by atoms with Crippen molar-refractivity contribution >= 4 is 0 Å². The molecule has 1 rings (SSSR count). The van der Waals surface area contributed by atoms with Crippen molar-refractivity contribution in [2.75, 3.05) is 0 Å². The summed E-state index contributed by atoms with van der Waals surface area (Å²) in [5.74, 6) is 9.84. The molecule has 0 aromatic rings. The van der Waals surface area contributed by atoms with Gasteiger partial charge in [0.05, 0.1) is 0 Å². The number of rotatable bonds is 4. The minimum Gasteiger partial charge on any atom is -0.271 e. The van der Waals surface area contributed by atoms with Gasteiger partial charge in [-0.15, -0.1) is 12.3 Å². The third kappa shape index (κ3) is 3.01. The minimum absolute atomic E-state index is 0.331. The van der Waals surface area contributed by atoms with Gasteiger partial charge in [-0.2, -0.15) is 0 Å². The van der Waals surface area contributed by atoms with Gasteiger partial charge in [0.2, 0.25) is 0 Å². The highest BCUT2D eigenvalue weighted by Gasteiger charge is 2.25. The zero-order chi connectivity index (χ0) is 10.4. The van der Waals surface area contributed by atoms with E-state index in [1.807, 2.05) is 0 Å². The van der Waals surface area contributed by atoms with Gasteiger partial charge in [-0.05, 0) is 24.7 Å². The van der Waals surface area contributed by atoms with E-state index in [0.29, 0.717) is 12.0 Å². The molecule has 0 aromatic heterocycles. The summed E-state index contributed by atoms with van der Waals surface area (Å²) >= 11 is 0. The highest BCUT2D eigenvalue weighted by atomic mass is 15.2. The molecule has 1 unspecified atom stereocenters. The Kier molecular flexibility index (Phi) is 5.00. The van der Waals surface area contributed by atoms with Crippen molar-refractivity contribution in [3.8, 4) is 12.3 Å². The summed E-state index contributed by atoms with van der Waals surface area (Å²) in [6.07, 6.45) is 12.7. The Morgan fingerprint density at radius 3 is 2.50 bits per heavy atom. The van der Waals surface area contributed by atoms with E-state index in [4.69, 9.17) is 12.3 Å². The fourth-order valence-corrected chi connectivity index (χ4v) is 2.49. The average molecular weight is 194 g/mol. The molecule has 0 heterocycles. The van der Waals surface area contributed by atoms with Crippen molar-refractivity contribution in [2.45, 2.75) is 51.5 Å². The zero-order valence-corrected chi connectivity index (χ0v) is 9.13. The Labute approximate surface area is 87.6 Å². The molecule has 1 fully saturated rings. The molecule has 1 aliphatic carbocycles. The van der Waals surface area contributed by atoms with Crippen molar-refractivity contribution in [1.82, 2.24) is 5.43 Å². The summed E-state index contributed by atoms with van der Waals surface area (Å²) < 4.78 is 0. The molecule has 1 atom stereocenters. The molecule has 0 aromatic carbocycles. The lowest BCUT2D eigenvalue weighted by Crippen LogP contribution is -2.42. The average Bonchev–Trinajstić information content (AvgIpc) is 2.26. The van der Waals surface area contributed by atoms with Gasteiger partial charge in [-0.3, -0.25) is 11.3 Å². The van der Waals surface area contributed by atoms with E-state index >= 15 is 0 Å². The summed E-state index contributed by atoms with van der Waals surface area (Å²) in [5.41, 5.74) is 2.86. The lowest BCUT2D eigenvalue weighted by molar-refractivity contribution is 0.220. The van der Waals surface area contributed by atoms with Gasteiger partial charge in [-0.25, -0.2) is 0 Å². The Balaban J connectivity index is 2.36. The Morgan fingerprint density at radius 1 is 1.43 bits per heavy atom. The van der Waals surface area contributed by atoms with Crippen LogP contribution in [0.3, 0.4) is 0 Å². The maximum absolute atomic E-state index is 5.51. The maximum Gasteiger partial charge on any atom is 0.0348 e. The molecule has 0 aliphatic heterocycles. The van der Waals surface area contributed by atoms with Gasteiger partial charge in [-0.1, -0.05) is 26.2 Å². The van der Waals surface area contributed by atoms with E-state index in [0.717, 1.165) is 12.3 Å². The Bertz CT molecular complexity index is 187. The number of nitrogens with one attached hydrogen (secondary N) is 1. The molecule has 0 saturated heterocycles. The number of nitrogens with two attached hydrogens (primary N) is 1. The van der Waals surface area contributed by atoms with Gasteiger partial charge >= 0.3 is 0 Å². The van der Waals surface area contributed by atoms with Crippen molar-refractivity contribution < 1.29 is 0 Å². The van der Waals surface area contributed by atoms with Crippen molar-refractivity contribution in [1.29, 1.82) is 0 Å². The number of hydrazine groups is 1. The van der Waals surface area contributed by atoms with Crippen molar-refractivity contribution in [3.05, 3.63) is 0 Å². The SMILES string of the molecule is C#CCC(NN)C1CCC(CC)CC1. The summed E-state index contributed by atoms with van der Waals surface area (Å²) in [6.45, 7) is 2.28. The standard InChI is InChI=1S/C12H22N2/c1-3-5-12(14-13)11-8-6-10(4-2)7-9-11/h1,10-12,14H,4-9,13H2,2H3. The molecule has 0 radical (unpaired) electrons. The molecule has 1 saturated carbocycles. The van der Waals surface area contributed by atoms with Crippen molar-refractivity contribution in [2.24, 2.45) is 17.7 Å². The monoisotopic (exact) mass is 194 g/mol. The van der Waals surface area contributed by atoms with E-state index < -0.39 is 0 Å². The first-order valence-electron chi connectivity index (χ1n) is 5.71. The summed E-state index contributed by atoms with van der Waals surface area (Å²) in [5, 5.41) is 0. The van der Waals surface area contributed by atoms with Crippen LogP contribution < -0.4 is 11.3 Å². The third-order valence-corrected chi connectivity index (χ3v) is 3.59. The van der Waals surface area contributed by atoms with Crippen molar-refractivity contribution in [3.63, 3.8) is 0 Å². The number of hydrogen-bond acceptors (Lipinski definition) is 2. The van der Waals surface area contributed by atoms with Crippen LogP contribution >= 0.6 is 0 Å². The summed E-state index contributed by atoms with van der Waals surface area (Å²) in [4.78, 5) is 0. The van der Waals surface area contributed by atoms with E-state index in [9.17, 15) is 0 Å². The van der Waals surface area contributed by atoms with Gasteiger partial charge in [0, 0.05) is 12.5 Å². The predicted octanol–water partition coefficient (Wildman–Crippen LogP) is 2.06. The molecule has 80 valence electrons. The highest BCUT2D eigenvalue weighted by molar-refractivity contribution is 4.92. The highest BCUT2D eigenvalue weighted by Crippen LogP contribution is 2.32. The first-order chi connectivity index (χ1) is 6.81. The first kappa shape index (κ1) is 11.6. The van der Waals surface area contributed by atoms with Crippen LogP contribution in [-0.4, -0.2) is 6.04 Å². The number of terminal acetylenes is 1. The molecular formula is C12H22N2. The lowest BCUT2D eigenvalue weighted by Gasteiger charge is -2.32. The minimum atomic E-state index is 0.331. The van der Waals surface area contributed by atoms with E-state index in [1.54, 1.807) is 0 Å². The largest absolute Gasteiger partial charge is 0.271 e. The van der Waals surface area contributed by atoms with Gasteiger partial charge < -0.3 is 0 Å². The molecular weight excluding hydrogens is 172 g/mol. The lowest BCUT2D eigenvalue weighted by atomic mass is 9.77. The fraction of sp³-hybridized carbons (Fsp3) is 0.833. The molecule has 14 heavy (non-hydrogen) atoms. The zero-order valence-electron chi connectivity index (χ0n) is 9.13. The smallest absolute Gasteiger partial charge is 0.0348 e. The molecule has 0 amide bonds. The normalized spacial score (nSPS) is 29.5. The Morgan fingerprint density at radius 2 is 2.07 bits per heavy atom. The van der Waals surface area contributed by atoms with Crippen LogP contribution in [0.2, 0.25) is 0 Å². The molecule has 1 aliphatic rings. The van der Waals surface area contributed by atoms with Crippen LogP contribution in [0.5, 0.6) is 0 Å². The van der Waals surface area contributed by atoms with Gasteiger partial charge in [0.15, 0.2) is 0 Å². The quantitative estimate of drug-likeness (QED) is 0.408. The fourth-order valence-electron chi connectivity index (χ4n) is 2.49. The van der Waals surface area contributed by atoms with Gasteiger partial charge in [0.1, 0.15) is 0 Å². The second kappa shape index (κ2) is 6.06. The Hall–Kier alpha value is -0.520. The van der Waals surface area contributed by atoms with E-state index in [1.165, 1.54) is 32.1 Å². The second-order valence-corrected chi connectivity index (χ2v) is 4.37. The predicted molar refractivity (Wildman–Crippen MR) is 60.3 cm³/mol. The summed E-state index contributed by atoms with van der Waals surface area (Å²) in [6, 6.07) is 0.331.